The van der Waals surface area contributed by atoms with Gasteiger partial charge in [-0.1, -0.05) is 33.6 Å². The Morgan fingerprint density at radius 1 is 0.523 bits per heavy atom. The summed E-state index contributed by atoms with van der Waals surface area (Å²) in [7, 11) is 0. The summed E-state index contributed by atoms with van der Waals surface area (Å²) in [5.41, 5.74) is 6.79. The van der Waals surface area contributed by atoms with E-state index in [1.807, 2.05) is 41.5 Å². The Morgan fingerprint density at radius 2 is 0.930 bits per heavy atom. The van der Waals surface area contributed by atoms with Gasteiger partial charge in [0.1, 0.15) is 23.3 Å². The highest BCUT2D eigenvalue weighted by Gasteiger charge is 2.46. The first-order valence-corrected chi connectivity index (χ1v) is 30.2. The van der Waals surface area contributed by atoms with E-state index in [2.05, 4.69) is 28.2 Å². The summed E-state index contributed by atoms with van der Waals surface area (Å²) in [6, 6.07) is 7.50. The number of alkyl carbamates (subject to hydrolysis) is 1. The minimum Gasteiger partial charge on any atom is -0.460 e. The minimum atomic E-state index is -0.965. The van der Waals surface area contributed by atoms with E-state index in [1.54, 1.807) is 18.2 Å². The van der Waals surface area contributed by atoms with Gasteiger partial charge >= 0.3 is 12.1 Å². The molecular formula is C63H97N7O16. The second-order valence-corrected chi connectivity index (χ2v) is 23.2. The number of piperidine rings is 2. The first-order valence-electron chi connectivity index (χ1n) is 30.2. The highest BCUT2D eigenvalue weighted by molar-refractivity contribution is 6.24. The van der Waals surface area contributed by atoms with Crippen LogP contribution in [0.5, 0.6) is 0 Å². The maximum absolute atomic E-state index is 12.9. The Morgan fingerprint density at radius 3 is 1.38 bits per heavy atom. The topological polar surface area (TPSA) is 307 Å². The molecule has 9 amide bonds. The van der Waals surface area contributed by atoms with E-state index in [4.69, 9.17) is 34.2 Å². The molecule has 6 rings (SSSR count). The van der Waals surface area contributed by atoms with E-state index in [0.717, 1.165) is 113 Å². The predicted molar refractivity (Wildman–Crippen MR) is 324 cm³/mol. The lowest BCUT2D eigenvalue weighted by Gasteiger charge is -2.27. The number of imide groups is 4. The molecule has 2 aromatic carbocycles. The smallest absolute Gasteiger partial charge is 0.407 e. The molecule has 2 aromatic rings. The maximum Gasteiger partial charge on any atom is 0.407 e. The molecule has 0 spiro atoms. The molecule has 2 saturated heterocycles. The number of nitrogens with two attached hydrogens (primary N) is 1. The standard InChI is InChI=1S/C31H45N3O8.C18H37NO4.C13H11N3O4.CH4/c1-31(2,3)42-27(36)11-5-4-7-17-40-19-9-10-20-41-18-8-6-16-32-22-12-13-23-24(21-22)30(39)34(29(23)38)25-14-15-26(35)33-28(25)37;1-5-6-8-13-21-15-10-11-16-22-14-9-7-12-19-17(20)23-18(2,3)4;14-6-1-2-7-8(5-6)13(20)16(12(7)19)9-3-4-10(17)15-11(9)18;/h12-13,21,25,32H,4-11,14-20H2,1-3H3,(H,33,35,37);5-16H2,1-4H3,(H,19,20);1-2,5,9H,3-4,14H2,(H,15,17,18);1H4. The molecule has 6 N–H and O–H groups in total. The third-order valence-electron chi connectivity index (χ3n) is 13.5. The Balaban J connectivity index is 0.000000370. The fourth-order valence-corrected chi connectivity index (χ4v) is 9.19. The van der Waals surface area contributed by atoms with Crippen LogP contribution in [0.3, 0.4) is 0 Å². The number of nitrogens with zero attached hydrogens (tertiary/aromatic N) is 2. The molecule has 0 aliphatic carbocycles. The van der Waals surface area contributed by atoms with E-state index in [0.29, 0.717) is 51.6 Å². The van der Waals surface area contributed by atoms with Gasteiger partial charge in [0.2, 0.25) is 23.6 Å². The van der Waals surface area contributed by atoms with Crippen molar-refractivity contribution in [2.45, 2.75) is 201 Å². The number of nitrogens with one attached hydrogen (secondary N) is 4. The molecule has 23 nitrogen and oxygen atoms in total. The van der Waals surface area contributed by atoms with E-state index in [1.165, 1.54) is 37.5 Å². The number of unbranched alkanes of at least 4 members (excludes halogenated alkanes) is 8. The summed E-state index contributed by atoms with van der Waals surface area (Å²) in [6.07, 6.45) is 14.6. The van der Waals surface area contributed by atoms with Crippen molar-refractivity contribution in [2.75, 3.05) is 77.0 Å². The SMILES string of the molecule is C.CC(C)(C)OC(=O)CCCCCOCCCCOCCCCNc1ccc2c(c1)C(=O)N(C1CCC(=O)NC1=O)C2=O.CCCCCOCCCCOCCCCNC(=O)OC(C)(C)C.Nc1ccc2c(c1)C(=O)N(C1CCC(=O)NC1=O)C2=O. The number of hydrogen-bond acceptors (Lipinski definition) is 18. The molecule has 0 radical (unpaired) electrons. The summed E-state index contributed by atoms with van der Waals surface area (Å²) < 4.78 is 32.9. The molecule has 480 valence electrons. The van der Waals surface area contributed by atoms with E-state index < -0.39 is 70.5 Å². The number of fused-ring (bicyclic) bond motifs is 2. The number of hydrogen-bond donors (Lipinski definition) is 5. The average Bonchev–Trinajstić information content (AvgIpc) is 3.73. The monoisotopic (exact) mass is 1210 g/mol. The highest BCUT2D eigenvalue weighted by atomic mass is 16.6. The maximum atomic E-state index is 12.9. The minimum absolute atomic E-state index is 0. The number of carbonyl (C=O) groups is 10. The van der Waals surface area contributed by atoms with Gasteiger partial charge < -0.3 is 44.8 Å². The molecular weight excluding hydrogens is 1110 g/mol. The normalized spacial score (nSPS) is 16.5. The van der Waals surface area contributed by atoms with Gasteiger partial charge in [0.25, 0.3) is 23.6 Å². The number of esters is 1. The Labute approximate surface area is 507 Å². The fraction of sp³-hybridized carbons (Fsp3) is 0.651. The van der Waals surface area contributed by atoms with Gasteiger partial charge in [-0.05, 0) is 161 Å². The van der Waals surface area contributed by atoms with Gasteiger partial charge in [0, 0.05) is 96.6 Å². The van der Waals surface area contributed by atoms with Crippen LogP contribution in [0.25, 0.3) is 0 Å². The van der Waals surface area contributed by atoms with Gasteiger partial charge in [0.05, 0.1) is 22.3 Å². The van der Waals surface area contributed by atoms with Crippen molar-refractivity contribution in [3.05, 3.63) is 58.7 Å². The molecule has 86 heavy (non-hydrogen) atoms. The molecule has 0 bridgehead atoms. The molecule has 0 aromatic heterocycles. The predicted octanol–water partition coefficient (Wildman–Crippen LogP) is 8.60. The number of rotatable bonds is 33. The van der Waals surface area contributed by atoms with Gasteiger partial charge in [-0.3, -0.25) is 63.6 Å². The molecule has 23 heteroatoms. The van der Waals surface area contributed by atoms with E-state index in [-0.39, 0.29) is 67.4 Å². The molecule has 2 atom stereocenters. The molecule has 4 aliphatic heterocycles. The molecule has 4 aliphatic rings. The van der Waals surface area contributed by atoms with Crippen molar-refractivity contribution in [1.82, 2.24) is 25.8 Å². The summed E-state index contributed by atoms with van der Waals surface area (Å²) in [5, 5.41) is 10.4. The lowest BCUT2D eigenvalue weighted by Crippen LogP contribution is -2.54. The second kappa shape index (κ2) is 38.4. The molecule has 2 fully saturated rings. The molecule has 4 heterocycles. The summed E-state index contributed by atoms with van der Waals surface area (Å²) in [4.78, 5) is 122. The Bertz CT molecular complexity index is 2560. The van der Waals surface area contributed by atoms with Gasteiger partial charge in [0.15, 0.2) is 0 Å². The van der Waals surface area contributed by atoms with Crippen LogP contribution in [0.1, 0.15) is 219 Å². The van der Waals surface area contributed by atoms with Crippen LogP contribution >= 0.6 is 0 Å². The van der Waals surface area contributed by atoms with Crippen LogP contribution in [-0.4, -0.2) is 158 Å². The summed E-state index contributed by atoms with van der Waals surface area (Å²) in [5.74, 6) is -4.27. The lowest BCUT2D eigenvalue weighted by atomic mass is 10.0. The lowest BCUT2D eigenvalue weighted by molar-refractivity contribution is -0.155. The molecule has 2 unspecified atom stereocenters. The van der Waals surface area contributed by atoms with Crippen molar-refractivity contribution in [1.29, 1.82) is 0 Å². The molecule has 0 saturated carbocycles. The highest BCUT2D eigenvalue weighted by Crippen LogP contribution is 2.31. The quantitative estimate of drug-likeness (QED) is 0.0193. The zero-order chi connectivity index (χ0) is 62.4. The van der Waals surface area contributed by atoms with Gasteiger partial charge in [-0.15, -0.1) is 0 Å². The third-order valence-corrected chi connectivity index (χ3v) is 13.5. The summed E-state index contributed by atoms with van der Waals surface area (Å²) >= 11 is 0. The first kappa shape index (κ1) is 73.4. The number of amides is 9. The van der Waals surface area contributed by atoms with Gasteiger partial charge in [-0.25, -0.2) is 4.79 Å². The van der Waals surface area contributed by atoms with Crippen LogP contribution in [0, 0.1) is 0 Å². The first-order chi connectivity index (χ1) is 40.5. The number of carbonyl (C=O) groups excluding carboxylic acids is 10. The van der Waals surface area contributed by atoms with Crippen molar-refractivity contribution in [3.8, 4) is 0 Å². The van der Waals surface area contributed by atoms with Crippen molar-refractivity contribution in [2.24, 2.45) is 0 Å². The van der Waals surface area contributed by atoms with Crippen molar-refractivity contribution in [3.63, 3.8) is 0 Å². The Kier molecular flexibility index (Phi) is 32.8. The van der Waals surface area contributed by atoms with Gasteiger partial charge in [-0.2, -0.15) is 0 Å². The largest absolute Gasteiger partial charge is 0.460 e. The average molecular weight is 1210 g/mol. The van der Waals surface area contributed by atoms with Crippen LogP contribution in [0.2, 0.25) is 0 Å². The van der Waals surface area contributed by atoms with Crippen LogP contribution in [-0.2, 0) is 52.4 Å². The van der Waals surface area contributed by atoms with E-state index in [9.17, 15) is 47.9 Å². The fourth-order valence-electron chi connectivity index (χ4n) is 9.19. The number of anilines is 2. The zero-order valence-electron chi connectivity index (χ0n) is 51.1. The Hall–Kier alpha value is -6.82. The van der Waals surface area contributed by atoms with Crippen LogP contribution in [0.4, 0.5) is 16.2 Å². The number of nitrogen functional groups attached to an aromatic ring is 1. The van der Waals surface area contributed by atoms with Crippen molar-refractivity contribution >= 4 is 70.7 Å². The van der Waals surface area contributed by atoms with Crippen LogP contribution in [0.15, 0.2) is 36.4 Å². The van der Waals surface area contributed by atoms with E-state index >= 15 is 0 Å². The van der Waals surface area contributed by atoms with Crippen LogP contribution < -0.4 is 27.0 Å². The zero-order valence-corrected chi connectivity index (χ0v) is 51.1. The number of benzene rings is 2. The number of ether oxygens (including phenoxy) is 6. The van der Waals surface area contributed by atoms with Crippen molar-refractivity contribution < 1.29 is 76.4 Å². The second-order valence-electron chi connectivity index (χ2n) is 23.2. The summed E-state index contributed by atoms with van der Waals surface area (Å²) in [6.45, 7) is 20.7. The third kappa shape index (κ3) is 26.4.